The van der Waals surface area contributed by atoms with Gasteiger partial charge in [-0.25, -0.2) is 14.1 Å². The van der Waals surface area contributed by atoms with Crippen LogP contribution in [0.2, 0.25) is 5.02 Å². The largest absolute Gasteiger partial charge is 0.495 e. The van der Waals surface area contributed by atoms with Crippen molar-refractivity contribution in [1.82, 2.24) is 0 Å². The van der Waals surface area contributed by atoms with Gasteiger partial charge in [-0.05, 0) is 31.7 Å². The van der Waals surface area contributed by atoms with Crippen LogP contribution in [0.3, 0.4) is 0 Å². The Hall–Kier alpha value is -2.56. The van der Waals surface area contributed by atoms with Crippen molar-refractivity contribution >= 4 is 46.7 Å². The van der Waals surface area contributed by atoms with Crippen LogP contribution in [0.25, 0.3) is 0 Å². The van der Waals surface area contributed by atoms with E-state index < -0.39 is 29.5 Å². The average Bonchev–Trinajstić information content (AvgIpc) is 2.73. The standard InChI is InChI=1S/C20H18Cl2FNO5/c1-3-8-29-20(27)13-7-5-4-6-12(13)19(26)24(18(25)11-21)16-10-17(28-2)14(22)9-15(16)23/h1,9-10H,4-8,11H2,2H3. The third-order valence-electron chi connectivity index (χ3n) is 4.29. The summed E-state index contributed by atoms with van der Waals surface area (Å²) in [5.41, 5.74) is -0.202. The Balaban J connectivity index is 2.56. The molecule has 0 aromatic heterocycles. The van der Waals surface area contributed by atoms with Crippen molar-refractivity contribution in [3.05, 3.63) is 34.1 Å². The molecule has 0 fully saturated rings. The van der Waals surface area contributed by atoms with Gasteiger partial charge >= 0.3 is 5.97 Å². The molecule has 0 radical (unpaired) electrons. The molecule has 29 heavy (non-hydrogen) atoms. The lowest BCUT2D eigenvalue weighted by Crippen LogP contribution is -2.40. The lowest BCUT2D eigenvalue weighted by molar-refractivity contribution is -0.138. The minimum atomic E-state index is -0.921. The van der Waals surface area contributed by atoms with Gasteiger partial charge < -0.3 is 9.47 Å². The predicted octanol–water partition coefficient (Wildman–Crippen LogP) is 3.63. The summed E-state index contributed by atoms with van der Waals surface area (Å²) in [7, 11) is 1.31. The second-order valence-corrected chi connectivity index (χ2v) is 6.73. The number of halogens is 3. The smallest absolute Gasteiger partial charge is 0.335 e. The van der Waals surface area contributed by atoms with E-state index in [-0.39, 0.29) is 47.1 Å². The van der Waals surface area contributed by atoms with Gasteiger partial charge in [0.2, 0.25) is 5.91 Å². The van der Waals surface area contributed by atoms with Crippen LogP contribution in [0.15, 0.2) is 23.3 Å². The molecule has 1 aromatic rings. The Labute approximate surface area is 177 Å². The SMILES string of the molecule is C#CCOC(=O)C1=C(C(=O)N(C(=O)CCl)c2cc(OC)c(Cl)cc2F)CCCC1. The number of hydrogen-bond donors (Lipinski definition) is 0. The van der Waals surface area contributed by atoms with Crippen molar-refractivity contribution in [2.24, 2.45) is 0 Å². The van der Waals surface area contributed by atoms with E-state index in [1.54, 1.807) is 0 Å². The Bertz CT molecular complexity index is 907. The van der Waals surface area contributed by atoms with E-state index in [9.17, 15) is 18.8 Å². The van der Waals surface area contributed by atoms with Gasteiger partial charge in [0.1, 0.15) is 17.4 Å². The summed E-state index contributed by atoms with van der Waals surface area (Å²) >= 11 is 11.5. The number of esters is 1. The number of nitrogens with zero attached hydrogens (tertiary/aromatic N) is 1. The number of benzene rings is 1. The van der Waals surface area contributed by atoms with Crippen LogP contribution in [0.1, 0.15) is 25.7 Å². The summed E-state index contributed by atoms with van der Waals surface area (Å²) in [5.74, 6) is -1.72. The lowest BCUT2D eigenvalue weighted by atomic mass is 9.90. The van der Waals surface area contributed by atoms with Gasteiger partial charge in [-0.15, -0.1) is 18.0 Å². The average molecular weight is 442 g/mol. The maximum absolute atomic E-state index is 14.6. The fourth-order valence-corrected chi connectivity index (χ4v) is 3.31. The molecule has 154 valence electrons. The van der Waals surface area contributed by atoms with Gasteiger partial charge in [0, 0.05) is 17.2 Å². The first-order valence-corrected chi connectivity index (χ1v) is 9.55. The second kappa shape index (κ2) is 10.3. The fourth-order valence-electron chi connectivity index (χ4n) is 2.96. The Kier molecular flexibility index (Phi) is 8.06. The van der Waals surface area contributed by atoms with Gasteiger partial charge in [0.05, 0.1) is 17.8 Å². The molecule has 0 unspecified atom stereocenters. The number of rotatable bonds is 6. The number of amides is 2. The van der Waals surface area contributed by atoms with Crippen molar-refractivity contribution < 1.29 is 28.2 Å². The van der Waals surface area contributed by atoms with Crippen molar-refractivity contribution in [2.75, 3.05) is 24.5 Å². The normalized spacial score (nSPS) is 13.5. The number of carbonyl (C=O) groups excluding carboxylic acids is 3. The van der Waals surface area contributed by atoms with E-state index in [2.05, 4.69) is 5.92 Å². The zero-order chi connectivity index (χ0) is 21.6. The van der Waals surface area contributed by atoms with E-state index in [4.69, 9.17) is 39.1 Å². The molecule has 0 spiro atoms. The Morgan fingerprint density at radius 2 is 1.90 bits per heavy atom. The molecular formula is C20H18Cl2FNO5. The van der Waals surface area contributed by atoms with Crippen LogP contribution in [-0.4, -0.2) is 37.4 Å². The molecule has 0 saturated heterocycles. The molecule has 0 saturated carbocycles. The van der Waals surface area contributed by atoms with E-state index in [1.807, 2.05) is 0 Å². The number of carbonyl (C=O) groups is 3. The molecule has 0 bridgehead atoms. The number of ether oxygens (including phenoxy) is 2. The number of methoxy groups -OCH3 is 1. The van der Waals surface area contributed by atoms with Crippen molar-refractivity contribution in [3.8, 4) is 18.1 Å². The van der Waals surface area contributed by atoms with Crippen LogP contribution in [-0.2, 0) is 19.1 Å². The molecule has 2 amide bonds. The fraction of sp³-hybridized carbons (Fsp3) is 0.350. The Morgan fingerprint density at radius 3 is 2.48 bits per heavy atom. The first-order valence-electron chi connectivity index (χ1n) is 8.64. The monoisotopic (exact) mass is 441 g/mol. The first kappa shape index (κ1) is 22.7. The zero-order valence-corrected chi connectivity index (χ0v) is 17.1. The van der Waals surface area contributed by atoms with Gasteiger partial charge in [0.15, 0.2) is 6.61 Å². The predicted molar refractivity (Wildman–Crippen MR) is 106 cm³/mol. The number of alkyl halides is 1. The first-order chi connectivity index (χ1) is 13.8. The van der Waals surface area contributed by atoms with Gasteiger partial charge in [-0.1, -0.05) is 17.5 Å². The van der Waals surface area contributed by atoms with Crippen LogP contribution in [0, 0.1) is 18.2 Å². The lowest BCUT2D eigenvalue weighted by Gasteiger charge is -2.26. The number of imide groups is 1. The van der Waals surface area contributed by atoms with Gasteiger partial charge in [0.25, 0.3) is 5.91 Å². The summed E-state index contributed by atoms with van der Waals surface area (Å²) in [6.45, 7) is -0.253. The minimum Gasteiger partial charge on any atom is -0.495 e. The van der Waals surface area contributed by atoms with Crippen molar-refractivity contribution in [3.63, 3.8) is 0 Å². The van der Waals surface area contributed by atoms with Gasteiger partial charge in [-0.2, -0.15) is 0 Å². The summed E-state index contributed by atoms with van der Waals surface area (Å²) < 4.78 is 24.6. The van der Waals surface area contributed by atoms with Crippen molar-refractivity contribution in [2.45, 2.75) is 25.7 Å². The maximum atomic E-state index is 14.6. The number of hydrogen-bond acceptors (Lipinski definition) is 5. The molecule has 9 heteroatoms. The summed E-state index contributed by atoms with van der Waals surface area (Å²) in [6, 6.07) is 2.05. The summed E-state index contributed by atoms with van der Waals surface area (Å²) in [4.78, 5) is 38.6. The number of anilines is 1. The second-order valence-electron chi connectivity index (χ2n) is 6.05. The van der Waals surface area contributed by atoms with E-state index in [0.717, 1.165) is 12.1 Å². The molecule has 1 aliphatic carbocycles. The Morgan fingerprint density at radius 1 is 1.24 bits per heavy atom. The van der Waals surface area contributed by atoms with Gasteiger partial charge in [-0.3, -0.25) is 9.59 Å². The molecule has 0 N–H and O–H groups in total. The third-order valence-corrected chi connectivity index (χ3v) is 4.81. The zero-order valence-electron chi connectivity index (χ0n) is 15.6. The molecule has 0 aliphatic heterocycles. The van der Waals surface area contributed by atoms with Crippen LogP contribution >= 0.6 is 23.2 Å². The quantitative estimate of drug-likeness (QED) is 0.382. The molecule has 6 nitrogen and oxygen atoms in total. The molecular weight excluding hydrogens is 424 g/mol. The van der Waals surface area contributed by atoms with Crippen LogP contribution in [0.4, 0.5) is 10.1 Å². The van der Waals surface area contributed by atoms with E-state index >= 15 is 0 Å². The molecule has 0 atom stereocenters. The minimum absolute atomic E-state index is 0.0325. The highest BCUT2D eigenvalue weighted by molar-refractivity contribution is 6.35. The van der Waals surface area contributed by atoms with E-state index in [0.29, 0.717) is 17.7 Å². The topological polar surface area (TPSA) is 72.9 Å². The summed E-state index contributed by atoms with van der Waals surface area (Å²) in [5, 5.41) is -0.0325. The number of terminal acetylenes is 1. The maximum Gasteiger partial charge on any atom is 0.335 e. The van der Waals surface area contributed by atoms with Crippen LogP contribution in [0.5, 0.6) is 5.75 Å². The molecule has 0 heterocycles. The molecule has 2 rings (SSSR count). The highest BCUT2D eigenvalue weighted by Crippen LogP contribution is 2.35. The van der Waals surface area contributed by atoms with E-state index in [1.165, 1.54) is 7.11 Å². The molecule has 1 aliphatic rings. The highest BCUT2D eigenvalue weighted by Gasteiger charge is 2.33. The van der Waals surface area contributed by atoms with Crippen molar-refractivity contribution in [1.29, 1.82) is 0 Å². The molecule has 1 aromatic carbocycles. The van der Waals surface area contributed by atoms with Crippen LogP contribution < -0.4 is 9.64 Å². The highest BCUT2D eigenvalue weighted by atomic mass is 35.5. The third kappa shape index (κ3) is 5.08. The summed E-state index contributed by atoms with van der Waals surface area (Å²) in [6.07, 6.45) is 6.86.